The Morgan fingerprint density at radius 1 is 1.41 bits per heavy atom. The first-order valence-corrected chi connectivity index (χ1v) is 7.45. The number of carbonyl (C=O) groups excluding carboxylic acids is 1. The number of ether oxygens (including phenoxy) is 1. The van der Waals surface area contributed by atoms with E-state index in [1.807, 2.05) is 13.1 Å². The summed E-state index contributed by atoms with van der Waals surface area (Å²) in [6.45, 7) is 7.46. The zero-order valence-electron chi connectivity index (χ0n) is 13.9. The van der Waals surface area contributed by atoms with Crippen molar-refractivity contribution in [3.63, 3.8) is 0 Å². The van der Waals surface area contributed by atoms with Crippen LogP contribution in [0.4, 0.5) is 0 Å². The third-order valence-electron chi connectivity index (χ3n) is 3.53. The van der Waals surface area contributed by atoms with Crippen molar-refractivity contribution in [2.24, 2.45) is 7.05 Å². The summed E-state index contributed by atoms with van der Waals surface area (Å²) in [5.74, 6) is -0.0954. The molecular formula is C16H24N4O2. The highest BCUT2D eigenvalue weighted by molar-refractivity contribution is 6.05. The molecule has 0 aliphatic carbocycles. The number of fused-ring (bicyclic) bond motifs is 1. The van der Waals surface area contributed by atoms with E-state index in [4.69, 9.17) is 4.74 Å². The molecule has 2 aromatic rings. The van der Waals surface area contributed by atoms with Crippen LogP contribution in [0.3, 0.4) is 0 Å². The lowest BCUT2D eigenvalue weighted by Gasteiger charge is -2.19. The second-order valence-corrected chi connectivity index (χ2v) is 6.41. The molecule has 0 bridgehead atoms. The van der Waals surface area contributed by atoms with Crippen LogP contribution in [-0.2, 0) is 17.2 Å². The van der Waals surface area contributed by atoms with Crippen molar-refractivity contribution in [2.75, 3.05) is 20.3 Å². The Morgan fingerprint density at radius 2 is 2.14 bits per heavy atom. The van der Waals surface area contributed by atoms with Crippen molar-refractivity contribution in [3.8, 4) is 0 Å². The SMILES string of the molecule is COCCCNC(=O)c1cc(C(C)(C)C)nc2c1cnn2C. The van der Waals surface area contributed by atoms with E-state index in [0.717, 1.165) is 23.1 Å². The van der Waals surface area contributed by atoms with E-state index in [9.17, 15) is 4.79 Å². The molecule has 0 spiro atoms. The number of rotatable bonds is 5. The van der Waals surface area contributed by atoms with Gasteiger partial charge in [0.25, 0.3) is 5.91 Å². The van der Waals surface area contributed by atoms with Gasteiger partial charge in [0.1, 0.15) is 0 Å². The molecule has 0 saturated carbocycles. The van der Waals surface area contributed by atoms with Crippen molar-refractivity contribution in [1.29, 1.82) is 0 Å². The summed E-state index contributed by atoms with van der Waals surface area (Å²) < 4.78 is 6.69. The Labute approximate surface area is 130 Å². The Balaban J connectivity index is 2.37. The molecule has 0 aliphatic heterocycles. The molecule has 6 nitrogen and oxygen atoms in total. The van der Waals surface area contributed by atoms with Crippen LogP contribution in [-0.4, -0.2) is 40.9 Å². The van der Waals surface area contributed by atoms with Crippen LogP contribution in [0.1, 0.15) is 43.2 Å². The molecule has 2 heterocycles. The van der Waals surface area contributed by atoms with Gasteiger partial charge in [0, 0.05) is 38.4 Å². The lowest BCUT2D eigenvalue weighted by molar-refractivity contribution is 0.0950. The summed E-state index contributed by atoms with van der Waals surface area (Å²) in [5.41, 5.74) is 2.10. The monoisotopic (exact) mass is 304 g/mol. The maximum absolute atomic E-state index is 12.5. The number of nitrogens with one attached hydrogen (secondary N) is 1. The number of aryl methyl sites for hydroxylation is 1. The molecular weight excluding hydrogens is 280 g/mol. The molecule has 2 rings (SSSR count). The van der Waals surface area contributed by atoms with E-state index in [1.165, 1.54) is 0 Å². The number of aromatic nitrogens is 3. The summed E-state index contributed by atoms with van der Waals surface area (Å²) >= 11 is 0. The number of carbonyl (C=O) groups is 1. The predicted molar refractivity (Wildman–Crippen MR) is 86.0 cm³/mol. The van der Waals surface area contributed by atoms with Gasteiger partial charge in [-0.2, -0.15) is 5.10 Å². The zero-order chi connectivity index (χ0) is 16.3. The van der Waals surface area contributed by atoms with Crippen molar-refractivity contribution < 1.29 is 9.53 Å². The molecule has 2 aromatic heterocycles. The summed E-state index contributed by atoms with van der Waals surface area (Å²) in [6.07, 6.45) is 2.48. The molecule has 0 radical (unpaired) electrons. The van der Waals surface area contributed by atoms with Crippen LogP contribution in [0.5, 0.6) is 0 Å². The van der Waals surface area contributed by atoms with E-state index in [1.54, 1.807) is 18.0 Å². The molecule has 120 valence electrons. The van der Waals surface area contributed by atoms with Gasteiger partial charge < -0.3 is 10.1 Å². The van der Waals surface area contributed by atoms with Crippen molar-refractivity contribution in [1.82, 2.24) is 20.1 Å². The molecule has 0 unspecified atom stereocenters. The second kappa shape index (κ2) is 6.44. The van der Waals surface area contributed by atoms with Gasteiger partial charge in [-0.25, -0.2) is 4.98 Å². The number of nitrogens with zero attached hydrogens (tertiary/aromatic N) is 3. The van der Waals surface area contributed by atoms with Gasteiger partial charge in [0.05, 0.1) is 17.1 Å². The Morgan fingerprint density at radius 3 is 2.77 bits per heavy atom. The lowest BCUT2D eigenvalue weighted by Crippen LogP contribution is -2.26. The minimum Gasteiger partial charge on any atom is -0.385 e. The van der Waals surface area contributed by atoms with E-state index in [-0.39, 0.29) is 11.3 Å². The third kappa shape index (κ3) is 3.44. The molecule has 0 atom stereocenters. The van der Waals surface area contributed by atoms with Crippen LogP contribution >= 0.6 is 0 Å². The largest absolute Gasteiger partial charge is 0.385 e. The number of hydrogen-bond acceptors (Lipinski definition) is 4. The van der Waals surface area contributed by atoms with E-state index in [2.05, 4.69) is 36.2 Å². The van der Waals surface area contributed by atoms with Crippen LogP contribution in [0.25, 0.3) is 11.0 Å². The summed E-state index contributed by atoms with van der Waals surface area (Å²) in [5, 5.41) is 7.93. The summed E-state index contributed by atoms with van der Waals surface area (Å²) in [7, 11) is 3.49. The van der Waals surface area contributed by atoms with Crippen molar-refractivity contribution >= 4 is 16.9 Å². The predicted octanol–water partition coefficient (Wildman–Crippen LogP) is 2.03. The molecule has 0 aromatic carbocycles. The smallest absolute Gasteiger partial charge is 0.252 e. The first-order chi connectivity index (χ1) is 10.3. The molecule has 0 aliphatic rings. The Bertz CT molecular complexity index is 671. The standard InChI is InChI=1S/C16H24N4O2/c1-16(2,3)13-9-11(15(21)17-7-6-8-22-5)12-10-18-20(4)14(12)19-13/h9-10H,6-8H2,1-5H3,(H,17,21). The highest BCUT2D eigenvalue weighted by Crippen LogP contribution is 2.25. The van der Waals surface area contributed by atoms with Gasteiger partial charge in [-0.05, 0) is 12.5 Å². The average molecular weight is 304 g/mol. The van der Waals surface area contributed by atoms with Gasteiger partial charge >= 0.3 is 0 Å². The first kappa shape index (κ1) is 16.4. The van der Waals surface area contributed by atoms with Gasteiger partial charge in [0.15, 0.2) is 5.65 Å². The molecule has 0 saturated heterocycles. The van der Waals surface area contributed by atoms with Gasteiger partial charge in [-0.1, -0.05) is 20.8 Å². The van der Waals surface area contributed by atoms with E-state index in [0.29, 0.717) is 18.7 Å². The fourth-order valence-electron chi connectivity index (χ4n) is 2.20. The molecule has 22 heavy (non-hydrogen) atoms. The third-order valence-corrected chi connectivity index (χ3v) is 3.53. The molecule has 1 amide bonds. The van der Waals surface area contributed by atoms with Crippen LogP contribution in [0.15, 0.2) is 12.3 Å². The quantitative estimate of drug-likeness (QED) is 0.858. The Kier molecular flexibility index (Phi) is 4.81. The average Bonchev–Trinajstić information content (AvgIpc) is 2.83. The number of pyridine rings is 1. The Hall–Kier alpha value is -1.95. The maximum Gasteiger partial charge on any atom is 0.252 e. The molecule has 0 fully saturated rings. The number of amides is 1. The van der Waals surface area contributed by atoms with Crippen LogP contribution in [0.2, 0.25) is 0 Å². The summed E-state index contributed by atoms with van der Waals surface area (Å²) in [4.78, 5) is 17.2. The topological polar surface area (TPSA) is 69.0 Å². The van der Waals surface area contributed by atoms with E-state index >= 15 is 0 Å². The number of methoxy groups -OCH3 is 1. The van der Waals surface area contributed by atoms with Crippen LogP contribution < -0.4 is 5.32 Å². The fourth-order valence-corrected chi connectivity index (χ4v) is 2.20. The number of hydrogen-bond donors (Lipinski definition) is 1. The van der Waals surface area contributed by atoms with Gasteiger partial charge in [-0.3, -0.25) is 9.48 Å². The minimum atomic E-state index is -0.135. The van der Waals surface area contributed by atoms with Gasteiger partial charge in [0.2, 0.25) is 0 Å². The maximum atomic E-state index is 12.5. The van der Waals surface area contributed by atoms with Gasteiger partial charge in [-0.15, -0.1) is 0 Å². The van der Waals surface area contributed by atoms with E-state index < -0.39 is 0 Å². The highest BCUT2D eigenvalue weighted by Gasteiger charge is 2.21. The van der Waals surface area contributed by atoms with Crippen molar-refractivity contribution in [2.45, 2.75) is 32.6 Å². The zero-order valence-corrected chi connectivity index (χ0v) is 13.9. The molecule has 6 heteroatoms. The normalized spacial score (nSPS) is 11.9. The highest BCUT2D eigenvalue weighted by atomic mass is 16.5. The van der Waals surface area contributed by atoms with Crippen molar-refractivity contribution in [3.05, 3.63) is 23.5 Å². The second-order valence-electron chi connectivity index (χ2n) is 6.41. The minimum absolute atomic E-state index is 0.0954. The molecule has 1 N–H and O–H groups in total. The first-order valence-electron chi connectivity index (χ1n) is 7.45. The lowest BCUT2D eigenvalue weighted by atomic mass is 9.90. The van der Waals surface area contributed by atoms with Crippen LogP contribution in [0, 0.1) is 0 Å². The summed E-state index contributed by atoms with van der Waals surface area (Å²) in [6, 6.07) is 1.87. The fraction of sp³-hybridized carbons (Fsp3) is 0.562.